The van der Waals surface area contributed by atoms with Gasteiger partial charge >= 0.3 is 0 Å². The van der Waals surface area contributed by atoms with E-state index in [-0.39, 0.29) is 12.0 Å². The summed E-state index contributed by atoms with van der Waals surface area (Å²) in [4.78, 5) is 4.39. The second-order valence-corrected chi connectivity index (χ2v) is 4.83. The summed E-state index contributed by atoms with van der Waals surface area (Å²) < 4.78 is 11.0. The van der Waals surface area contributed by atoms with Gasteiger partial charge in [-0.25, -0.2) is 0 Å². The quantitative estimate of drug-likeness (QED) is 0.914. The molecule has 100 valence electrons. The maximum atomic E-state index is 5.90. The number of rotatable bonds is 3. The maximum absolute atomic E-state index is 5.90. The van der Waals surface area contributed by atoms with Gasteiger partial charge in [-0.1, -0.05) is 30.3 Å². The minimum Gasteiger partial charge on any atom is -0.492 e. The van der Waals surface area contributed by atoms with Gasteiger partial charge < -0.3 is 15.0 Å². The summed E-state index contributed by atoms with van der Waals surface area (Å²) in [5.74, 6) is 2.26. The van der Waals surface area contributed by atoms with E-state index in [1.165, 1.54) is 5.56 Å². The third-order valence-corrected chi connectivity index (χ3v) is 3.46. The van der Waals surface area contributed by atoms with Gasteiger partial charge in [0.05, 0.1) is 12.0 Å². The predicted octanol–water partition coefficient (Wildman–Crippen LogP) is 2.20. The van der Waals surface area contributed by atoms with Crippen LogP contribution in [0.1, 0.15) is 42.6 Å². The number of benzene rings is 1. The van der Waals surface area contributed by atoms with E-state index >= 15 is 0 Å². The molecule has 2 heterocycles. The van der Waals surface area contributed by atoms with Gasteiger partial charge in [0.2, 0.25) is 5.89 Å². The van der Waals surface area contributed by atoms with Crippen LogP contribution in [-0.4, -0.2) is 16.7 Å². The Hall–Kier alpha value is -1.88. The Morgan fingerprint density at radius 1 is 1.42 bits per heavy atom. The van der Waals surface area contributed by atoms with Crippen LogP contribution in [-0.2, 0) is 6.42 Å². The van der Waals surface area contributed by atoms with Crippen LogP contribution in [0.4, 0.5) is 0 Å². The van der Waals surface area contributed by atoms with Crippen molar-refractivity contribution < 1.29 is 9.26 Å². The fourth-order valence-corrected chi connectivity index (χ4v) is 2.23. The molecule has 0 saturated carbocycles. The van der Waals surface area contributed by atoms with E-state index in [1.807, 2.05) is 25.1 Å². The molecule has 1 aliphatic heterocycles. The summed E-state index contributed by atoms with van der Waals surface area (Å²) in [6, 6.07) is 7.88. The molecule has 0 spiro atoms. The van der Waals surface area contributed by atoms with E-state index in [0.717, 1.165) is 18.6 Å². The molecular formula is C14H17N3O2. The van der Waals surface area contributed by atoms with E-state index < -0.39 is 0 Å². The summed E-state index contributed by atoms with van der Waals surface area (Å²) in [5.41, 5.74) is 7.08. The highest BCUT2D eigenvalue weighted by Crippen LogP contribution is 2.31. The first-order valence-corrected chi connectivity index (χ1v) is 6.57. The number of para-hydroxylation sites is 1. The number of hydrogen-bond acceptors (Lipinski definition) is 5. The van der Waals surface area contributed by atoms with Gasteiger partial charge in [0, 0.05) is 0 Å². The molecule has 1 aromatic heterocycles. The minimum atomic E-state index is -0.158. The lowest BCUT2D eigenvalue weighted by Gasteiger charge is -2.22. The molecule has 5 nitrogen and oxygen atoms in total. The van der Waals surface area contributed by atoms with Gasteiger partial charge in [-0.3, -0.25) is 0 Å². The molecule has 0 saturated heterocycles. The topological polar surface area (TPSA) is 74.2 Å². The Labute approximate surface area is 111 Å². The maximum Gasteiger partial charge on any atom is 0.233 e. The Balaban J connectivity index is 1.79. The first-order chi connectivity index (χ1) is 9.28. The van der Waals surface area contributed by atoms with Gasteiger partial charge in [-0.15, -0.1) is 0 Å². The second-order valence-electron chi connectivity index (χ2n) is 4.83. The molecule has 0 fully saturated rings. The standard InChI is InChI=1S/C14H17N3O2/c1-2-11(15)13-16-14(19-17-13)10-7-9-5-3-4-6-12(9)18-8-10/h3-6,10-11H,2,7-8,15H2,1H3. The first-order valence-electron chi connectivity index (χ1n) is 6.57. The van der Waals surface area contributed by atoms with Crippen molar-refractivity contribution in [1.82, 2.24) is 10.1 Å². The summed E-state index contributed by atoms with van der Waals surface area (Å²) in [6.45, 7) is 2.57. The fourth-order valence-electron chi connectivity index (χ4n) is 2.23. The van der Waals surface area contributed by atoms with Crippen molar-refractivity contribution in [2.24, 2.45) is 5.73 Å². The Kier molecular flexibility index (Phi) is 3.21. The van der Waals surface area contributed by atoms with Crippen LogP contribution in [0.5, 0.6) is 5.75 Å². The zero-order valence-electron chi connectivity index (χ0n) is 10.9. The highest BCUT2D eigenvalue weighted by molar-refractivity contribution is 5.36. The van der Waals surface area contributed by atoms with Crippen LogP contribution in [0.2, 0.25) is 0 Å². The number of ether oxygens (including phenoxy) is 1. The number of aromatic nitrogens is 2. The molecule has 1 aromatic carbocycles. The molecule has 2 aromatic rings. The van der Waals surface area contributed by atoms with Crippen LogP contribution in [0.15, 0.2) is 28.8 Å². The summed E-state index contributed by atoms with van der Waals surface area (Å²) >= 11 is 0. The van der Waals surface area contributed by atoms with Crippen molar-refractivity contribution in [2.45, 2.75) is 31.7 Å². The van der Waals surface area contributed by atoms with Gasteiger partial charge in [0.25, 0.3) is 0 Å². The monoisotopic (exact) mass is 259 g/mol. The fraction of sp³-hybridized carbons (Fsp3) is 0.429. The minimum absolute atomic E-state index is 0.111. The van der Waals surface area contributed by atoms with E-state index in [0.29, 0.717) is 18.3 Å². The lowest BCUT2D eigenvalue weighted by Crippen LogP contribution is -2.19. The van der Waals surface area contributed by atoms with Crippen molar-refractivity contribution in [2.75, 3.05) is 6.61 Å². The highest BCUT2D eigenvalue weighted by Gasteiger charge is 2.26. The lowest BCUT2D eigenvalue weighted by molar-refractivity contribution is 0.230. The molecule has 1 aliphatic rings. The third kappa shape index (κ3) is 2.33. The molecule has 2 atom stereocenters. The van der Waals surface area contributed by atoms with Crippen LogP contribution >= 0.6 is 0 Å². The average molecular weight is 259 g/mol. The number of fused-ring (bicyclic) bond motifs is 1. The molecule has 0 bridgehead atoms. The summed E-state index contributed by atoms with van der Waals surface area (Å²) in [5, 5.41) is 3.95. The van der Waals surface area contributed by atoms with Crippen molar-refractivity contribution in [3.63, 3.8) is 0 Å². The van der Waals surface area contributed by atoms with Crippen LogP contribution < -0.4 is 10.5 Å². The number of nitrogens with two attached hydrogens (primary N) is 1. The van der Waals surface area contributed by atoms with Crippen LogP contribution in [0.25, 0.3) is 0 Å². The zero-order chi connectivity index (χ0) is 13.2. The largest absolute Gasteiger partial charge is 0.492 e. The molecule has 19 heavy (non-hydrogen) atoms. The van der Waals surface area contributed by atoms with Crippen LogP contribution in [0, 0.1) is 0 Å². The molecule has 5 heteroatoms. The molecule has 2 unspecified atom stereocenters. The molecule has 3 rings (SSSR count). The summed E-state index contributed by atoms with van der Waals surface area (Å²) in [7, 11) is 0. The smallest absolute Gasteiger partial charge is 0.233 e. The SMILES string of the molecule is CCC(N)c1noc(C2COc3ccccc3C2)n1. The van der Waals surface area contributed by atoms with E-state index in [1.54, 1.807) is 0 Å². The van der Waals surface area contributed by atoms with Crippen molar-refractivity contribution >= 4 is 0 Å². The molecule has 0 radical (unpaired) electrons. The van der Waals surface area contributed by atoms with Crippen LogP contribution in [0.3, 0.4) is 0 Å². The number of nitrogens with zero attached hydrogens (tertiary/aromatic N) is 2. The van der Waals surface area contributed by atoms with Crippen molar-refractivity contribution in [1.29, 1.82) is 0 Å². The summed E-state index contributed by atoms with van der Waals surface area (Å²) in [6.07, 6.45) is 1.65. The first kappa shape index (κ1) is 12.2. The van der Waals surface area contributed by atoms with Gasteiger partial charge in [-0.05, 0) is 24.5 Å². The number of hydrogen-bond donors (Lipinski definition) is 1. The predicted molar refractivity (Wildman–Crippen MR) is 69.9 cm³/mol. The zero-order valence-corrected chi connectivity index (χ0v) is 10.9. The Morgan fingerprint density at radius 2 is 2.26 bits per heavy atom. The van der Waals surface area contributed by atoms with E-state index in [9.17, 15) is 0 Å². The molecule has 0 amide bonds. The van der Waals surface area contributed by atoms with Crippen molar-refractivity contribution in [3.05, 3.63) is 41.5 Å². The van der Waals surface area contributed by atoms with Gasteiger partial charge in [0.1, 0.15) is 12.4 Å². The van der Waals surface area contributed by atoms with E-state index in [2.05, 4.69) is 16.2 Å². The van der Waals surface area contributed by atoms with Gasteiger partial charge in [0.15, 0.2) is 5.82 Å². The van der Waals surface area contributed by atoms with Gasteiger partial charge in [-0.2, -0.15) is 4.98 Å². The Morgan fingerprint density at radius 3 is 3.11 bits per heavy atom. The van der Waals surface area contributed by atoms with E-state index in [4.69, 9.17) is 15.0 Å². The Bertz CT molecular complexity index is 567. The molecule has 2 N–H and O–H groups in total. The molecular weight excluding hydrogens is 242 g/mol. The third-order valence-electron chi connectivity index (χ3n) is 3.46. The highest BCUT2D eigenvalue weighted by atomic mass is 16.5. The van der Waals surface area contributed by atoms with Crippen molar-refractivity contribution in [3.8, 4) is 5.75 Å². The second kappa shape index (κ2) is 5.01. The lowest BCUT2D eigenvalue weighted by atomic mass is 9.97. The normalized spacial score (nSPS) is 19.6. The molecule has 0 aliphatic carbocycles. The average Bonchev–Trinajstić information content (AvgIpc) is 2.95.